The summed E-state index contributed by atoms with van der Waals surface area (Å²) in [5.74, 6) is -0.0817. The molecule has 0 heterocycles. The Balaban J connectivity index is 2.13. The molecule has 0 aliphatic rings. The highest BCUT2D eigenvalue weighted by molar-refractivity contribution is 9.08. The molecule has 1 N–H and O–H groups in total. The van der Waals surface area contributed by atoms with Crippen LogP contribution >= 0.6 is 15.9 Å². The van der Waals surface area contributed by atoms with Gasteiger partial charge >= 0.3 is 0 Å². The first-order valence-corrected chi connectivity index (χ1v) is 6.84. The Hall–Kier alpha value is -1.61. The van der Waals surface area contributed by atoms with Gasteiger partial charge in [0, 0.05) is 16.6 Å². The van der Waals surface area contributed by atoms with Crippen LogP contribution in [0.25, 0.3) is 0 Å². The number of amides is 1. The summed E-state index contributed by atoms with van der Waals surface area (Å²) in [4.78, 5) is 12.0. The molecule has 0 saturated carbocycles. The van der Waals surface area contributed by atoms with Crippen molar-refractivity contribution < 1.29 is 4.79 Å². The highest BCUT2D eigenvalue weighted by Crippen LogP contribution is 2.14. The summed E-state index contributed by atoms with van der Waals surface area (Å²) < 4.78 is 0. The second kappa shape index (κ2) is 5.83. The standard InChI is InChI=1S/C15H14BrNO/c1-11-5-7-13(8-6-11)15(18)17-14-4-2-3-12(9-14)10-16/h2-9H,10H2,1H3,(H,17,18). The van der Waals surface area contributed by atoms with Crippen molar-refractivity contribution in [3.63, 3.8) is 0 Å². The number of alkyl halides is 1. The molecule has 2 rings (SSSR count). The van der Waals surface area contributed by atoms with Gasteiger partial charge in [0.15, 0.2) is 0 Å². The zero-order valence-corrected chi connectivity index (χ0v) is 11.7. The van der Waals surface area contributed by atoms with Crippen LogP contribution in [0.15, 0.2) is 48.5 Å². The number of aryl methyl sites for hydroxylation is 1. The Kier molecular flexibility index (Phi) is 4.15. The molecule has 0 aliphatic carbocycles. The average Bonchev–Trinajstić information content (AvgIpc) is 2.39. The molecule has 0 aromatic heterocycles. The van der Waals surface area contributed by atoms with E-state index in [4.69, 9.17) is 0 Å². The lowest BCUT2D eigenvalue weighted by atomic mass is 10.1. The Morgan fingerprint density at radius 3 is 2.56 bits per heavy atom. The van der Waals surface area contributed by atoms with Gasteiger partial charge in [-0.25, -0.2) is 0 Å². The van der Waals surface area contributed by atoms with Gasteiger partial charge in [0.25, 0.3) is 5.91 Å². The molecule has 0 fully saturated rings. The predicted octanol–water partition coefficient (Wildman–Crippen LogP) is 4.14. The fourth-order valence-electron chi connectivity index (χ4n) is 1.64. The molecule has 0 aliphatic heterocycles. The maximum Gasteiger partial charge on any atom is 0.255 e. The third kappa shape index (κ3) is 3.20. The van der Waals surface area contributed by atoms with Gasteiger partial charge in [0.1, 0.15) is 0 Å². The van der Waals surface area contributed by atoms with Crippen LogP contribution in [-0.4, -0.2) is 5.91 Å². The molecule has 18 heavy (non-hydrogen) atoms. The van der Waals surface area contributed by atoms with Crippen LogP contribution in [0.4, 0.5) is 5.69 Å². The predicted molar refractivity (Wildman–Crippen MR) is 78.2 cm³/mol. The van der Waals surface area contributed by atoms with Gasteiger partial charge in [-0.3, -0.25) is 4.79 Å². The first kappa shape index (κ1) is 12.8. The molecule has 1 amide bonds. The highest BCUT2D eigenvalue weighted by atomic mass is 79.9. The van der Waals surface area contributed by atoms with E-state index in [1.807, 2.05) is 55.5 Å². The Morgan fingerprint density at radius 2 is 1.89 bits per heavy atom. The zero-order chi connectivity index (χ0) is 13.0. The summed E-state index contributed by atoms with van der Waals surface area (Å²) >= 11 is 3.40. The zero-order valence-electron chi connectivity index (χ0n) is 10.1. The number of carbonyl (C=O) groups is 1. The molecule has 0 radical (unpaired) electrons. The van der Waals surface area contributed by atoms with E-state index in [1.54, 1.807) is 0 Å². The molecular formula is C15H14BrNO. The fourth-order valence-corrected chi connectivity index (χ4v) is 1.99. The van der Waals surface area contributed by atoms with E-state index in [9.17, 15) is 4.79 Å². The summed E-state index contributed by atoms with van der Waals surface area (Å²) in [7, 11) is 0. The highest BCUT2D eigenvalue weighted by Gasteiger charge is 2.05. The van der Waals surface area contributed by atoms with E-state index in [2.05, 4.69) is 21.2 Å². The van der Waals surface area contributed by atoms with E-state index in [1.165, 1.54) is 0 Å². The van der Waals surface area contributed by atoms with E-state index in [-0.39, 0.29) is 5.91 Å². The summed E-state index contributed by atoms with van der Waals surface area (Å²) in [6.07, 6.45) is 0. The van der Waals surface area contributed by atoms with Crippen LogP contribution < -0.4 is 5.32 Å². The van der Waals surface area contributed by atoms with Crippen molar-refractivity contribution in [1.29, 1.82) is 0 Å². The van der Waals surface area contributed by atoms with Crippen molar-refractivity contribution >= 4 is 27.5 Å². The van der Waals surface area contributed by atoms with Gasteiger partial charge in [0.05, 0.1) is 0 Å². The lowest BCUT2D eigenvalue weighted by molar-refractivity contribution is 0.102. The minimum atomic E-state index is -0.0817. The summed E-state index contributed by atoms with van der Waals surface area (Å²) in [5, 5.41) is 3.67. The first-order valence-electron chi connectivity index (χ1n) is 5.72. The molecule has 0 atom stereocenters. The van der Waals surface area contributed by atoms with Crippen LogP contribution in [-0.2, 0) is 5.33 Å². The molecule has 3 heteroatoms. The van der Waals surface area contributed by atoms with Gasteiger partial charge < -0.3 is 5.32 Å². The van der Waals surface area contributed by atoms with E-state index in [0.717, 1.165) is 22.1 Å². The minimum Gasteiger partial charge on any atom is -0.322 e. The van der Waals surface area contributed by atoms with Crippen molar-refractivity contribution in [1.82, 2.24) is 0 Å². The number of benzene rings is 2. The molecule has 0 spiro atoms. The van der Waals surface area contributed by atoms with Crippen LogP contribution in [0.1, 0.15) is 21.5 Å². The number of hydrogen-bond acceptors (Lipinski definition) is 1. The molecule has 0 bridgehead atoms. The number of nitrogens with one attached hydrogen (secondary N) is 1. The summed E-state index contributed by atoms with van der Waals surface area (Å²) in [6.45, 7) is 2.00. The number of anilines is 1. The maximum absolute atomic E-state index is 12.0. The number of rotatable bonds is 3. The Bertz CT molecular complexity index is 549. The quantitative estimate of drug-likeness (QED) is 0.848. The van der Waals surface area contributed by atoms with Crippen LogP contribution in [0.3, 0.4) is 0 Å². The Labute approximate surface area is 115 Å². The number of hydrogen-bond donors (Lipinski definition) is 1. The third-order valence-corrected chi connectivity index (χ3v) is 3.30. The fraction of sp³-hybridized carbons (Fsp3) is 0.133. The van der Waals surface area contributed by atoms with Gasteiger partial charge in [-0.2, -0.15) is 0 Å². The molecular weight excluding hydrogens is 290 g/mol. The van der Waals surface area contributed by atoms with Crippen LogP contribution in [0.2, 0.25) is 0 Å². The lowest BCUT2D eigenvalue weighted by Crippen LogP contribution is -2.11. The molecule has 2 nitrogen and oxygen atoms in total. The van der Waals surface area contributed by atoms with Gasteiger partial charge in [0.2, 0.25) is 0 Å². The van der Waals surface area contributed by atoms with Crippen molar-refractivity contribution in [3.8, 4) is 0 Å². The van der Waals surface area contributed by atoms with E-state index >= 15 is 0 Å². The maximum atomic E-state index is 12.0. The van der Waals surface area contributed by atoms with Gasteiger partial charge in [-0.05, 0) is 36.8 Å². The number of halogens is 1. The van der Waals surface area contributed by atoms with Crippen molar-refractivity contribution in [2.75, 3.05) is 5.32 Å². The van der Waals surface area contributed by atoms with Crippen LogP contribution in [0, 0.1) is 6.92 Å². The SMILES string of the molecule is Cc1ccc(C(=O)Nc2cccc(CBr)c2)cc1. The van der Waals surface area contributed by atoms with Crippen LogP contribution in [0.5, 0.6) is 0 Å². The largest absolute Gasteiger partial charge is 0.322 e. The molecule has 0 saturated heterocycles. The molecule has 0 unspecified atom stereocenters. The van der Waals surface area contributed by atoms with Gasteiger partial charge in [-0.15, -0.1) is 0 Å². The monoisotopic (exact) mass is 303 g/mol. The Morgan fingerprint density at radius 1 is 1.17 bits per heavy atom. The number of carbonyl (C=O) groups excluding carboxylic acids is 1. The smallest absolute Gasteiger partial charge is 0.255 e. The summed E-state index contributed by atoms with van der Waals surface area (Å²) in [5.41, 5.74) is 3.77. The van der Waals surface area contributed by atoms with Crippen molar-refractivity contribution in [2.45, 2.75) is 12.3 Å². The lowest BCUT2D eigenvalue weighted by Gasteiger charge is -2.06. The second-order valence-corrected chi connectivity index (χ2v) is 4.71. The first-order chi connectivity index (χ1) is 8.69. The normalized spacial score (nSPS) is 10.1. The molecule has 2 aromatic rings. The van der Waals surface area contributed by atoms with Crippen molar-refractivity contribution in [3.05, 3.63) is 65.2 Å². The molecule has 92 valence electrons. The van der Waals surface area contributed by atoms with Crippen molar-refractivity contribution in [2.24, 2.45) is 0 Å². The topological polar surface area (TPSA) is 29.1 Å². The second-order valence-electron chi connectivity index (χ2n) is 4.15. The average molecular weight is 304 g/mol. The van der Waals surface area contributed by atoms with E-state index < -0.39 is 0 Å². The summed E-state index contributed by atoms with van der Waals surface area (Å²) in [6, 6.07) is 15.3. The minimum absolute atomic E-state index is 0.0817. The van der Waals surface area contributed by atoms with E-state index in [0.29, 0.717) is 5.56 Å². The third-order valence-electron chi connectivity index (χ3n) is 2.65. The van der Waals surface area contributed by atoms with Gasteiger partial charge in [-0.1, -0.05) is 45.8 Å². The molecule has 2 aromatic carbocycles.